The summed E-state index contributed by atoms with van der Waals surface area (Å²) >= 11 is 2.88. The molecule has 0 spiro atoms. The Morgan fingerprint density at radius 3 is 3.05 bits per heavy atom. The monoisotopic (exact) mass is 305 g/mol. The molecule has 3 aromatic heterocycles. The summed E-state index contributed by atoms with van der Waals surface area (Å²) in [5.41, 5.74) is 1.57. The van der Waals surface area contributed by atoms with E-state index in [0.29, 0.717) is 11.7 Å². The first-order chi connectivity index (χ1) is 9.74. The van der Waals surface area contributed by atoms with Crippen LogP contribution in [0.2, 0.25) is 0 Å². The van der Waals surface area contributed by atoms with E-state index < -0.39 is 5.97 Å². The van der Waals surface area contributed by atoms with Crippen molar-refractivity contribution in [3.8, 4) is 0 Å². The van der Waals surface area contributed by atoms with Crippen molar-refractivity contribution in [2.75, 3.05) is 5.75 Å². The topological polar surface area (TPSA) is 68.0 Å². The van der Waals surface area contributed by atoms with Gasteiger partial charge in [-0.05, 0) is 23.6 Å². The van der Waals surface area contributed by atoms with E-state index in [2.05, 4.69) is 9.97 Å². The van der Waals surface area contributed by atoms with Crippen molar-refractivity contribution in [3.63, 3.8) is 0 Å². The number of nitrogens with zero attached hydrogens (tertiary/aromatic N) is 3. The largest absolute Gasteiger partial charge is 0.481 e. The third-order valence-electron chi connectivity index (χ3n) is 2.69. The molecule has 5 nitrogen and oxygen atoms in total. The molecule has 20 heavy (non-hydrogen) atoms. The Morgan fingerprint density at radius 2 is 2.30 bits per heavy atom. The fraction of sp³-hybridized carbons (Fsp3) is 0.154. The van der Waals surface area contributed by atoms with E-state index >= 15 is 0 Å². The van der Waals surface area contributed by atoms with Crippen molar-refractivity contribution in [1.82, 2.24) is 14.5 Å². The van der Waals surface area contributed by atoms with Crippen LogP contribution >= 0.6 is 23.1 Å². The van der Waals surface area contributed by atoms with Gasteiger partial charge in [-0.2, -0.15) is 0 Å². The number of pyridine rings is 1. The van der Waals surface area contributed by atoms with Crippen LogP contribution in [0.25, 0.3) is 11.2 Å². The summed E-state index contributed by atoms with van der Waals surface area (Å²) in [7, 11) is 0. The lowest BCUT2D eigenvalue weighted by Crippen LogP contribution is -2.04. The van der Waals surface area contributed by atoms with E-state index in [0.717, 1.165) is 11.2 Å². The van der Waals surface area contributed by atoms with Gasteiger partial charge in [0.2, 0.25) is 0 Å². The molecule has 0 aromatic carbocycles. The van der Waals surface area contributed by atoms with Crippen LogP contribution in [0.5, 0.6) is 0 Å². The molecule has 1 N–H and O–H groups in total. The number of carboxylic acid groups (broad SMARTS) is 1. The molecule has 0 atom stereocenters. The minimum Gasteiger partial charge on any atom is -0.481 e. The number of aliphatic carboxylic acids is 1. The van der Waals surface area contributed by atoms with Crippen LogP contribution in [0.3, 0.4) is 0 Å². The van der Waals surface area contributed by atoms with Crippen LogP contribution in [-0.2, 0) is 11.3 Å². The summed E-state index contributed by atoms with van der Waals surface area (Å²) in [6.07, 6.45) is 1.72. The van der Waals surface area contributed by atoms with Gasteiger partial charge in [0.1, 0.15) is 5.52 Å². The molecule has 0 aliphatic carbocycles. The van der Waals surface area contributed by atoms with E-state index in [1.165, 1.54) is 16.6 Å². The Balaban J connectivity index is 2.01. The highest BCUT2D eigenvalue weighted by Gasteiger charge is 2.14. The standard InChI is InChI=1S/C13H11N3O2S2/c17-11(18)8-20-13-15-10-4-1-5-14-12(10)16(13)7-9-3-2-6-19-9/h1-6H,7-8H2,(H,17,18). The second-order valence-corrected chi connectivity index (χ2v) is 6.06. The maximum absolute atomic E-state index is 10.7. The van der Waals surface area contributed by atoms with Gasteiger partial charge >= 0.3 is 5.97 Å². The number of fused-ring (bicyclic) bond motifs is 1. The van der Waals surface area contributed by atoms with Crippen LogP contribution in [0, 0.1) is 0 Å². The van der Waals surface area contributed by atoms with Gasteiger partial charge in [0, 0.05) is 11.1 Å². The van der Waals surface area contributed by atoms with E-state index in [9.17, 15) is 4.79 Å². The minimum absolute atomic E-state index is 0.00619. The predicted octanol–water partition coefficient (Wildman–Crippen LogP) is 2.72. The summed E-state index contributed by atoms with van der Waals surface area (Å²) in [6, 6.07) is 7.76. The van der Waals surface area contributed by atoms with Gasteiger partial charge < -0.3 is 5.11 Å². The van der Waals surface area contributed by atoms with Gasteiger partial charge in [-0.1, -0.05) is 17.8 Å². The number of aromatic nitrogens is 3. The van der Waals surface area contributed by atoms with Crippen molar-refractivity contribution in [2.45, 2.75) is 11.7 Å². The highest BCUT2D eigenvalue weighted by molar-refractivity contribution is 7.99. The Bertz CT molecular complexity index is 737. The molecular formula is C13H11N3O2S2. The third-order valence-corrected chi connectivity index (χ3v) is 4.51. The zero-order chi connectivity index (χ0) is 13.9. The third kappa shape index (κ3) is 2.68. The van der Waals surface area contributed by atoms with Crippen molar-refractivity contribution >= 4 is 40.2 Å². The second kappa shape index (κ2) is 5.64. The number of rotatable bonds is 5. The highest BCUT2D eigenvalue weighted by atomic mass is 32.2. The van der Waals surface area contributed by atoms with Crippen LogP contribution < -0.4 is 0 Å². The summed E-state index contributed by atoms with van der Waals surface area (Å²) < 4.78 is 1.97. The molecule has 0 aliphatic heterocycles. The lowest BCUT2D eigenvalue weighted by molar-refractivity contribution is -0.133. The molecular weight excluding hydrogens is 294 g/mol. The number of carbonyl (C=O) groups is 1. The molecule has 102 valence electrons. The number of imidazole rings is 1. The number of hydrogen-bond acceptors (Lipinski definition) is 5. The zero-order valence-electron chi connectivity index (χ0n) is 10.4. The van der Waals surface area contributed by atoms with E-state index in [-0.39, 0.29) is 5.75 Å². The number of thioether (sulfide) groups is 1. The molecule has 3 heterocycles. The Kier molecular flexibility index (Phi) is 3.70. The molecule has 0 unspecified atom stereocenters. The second-order valence-electron chi connectivity index (χ2n) is 4.09. The summed E-state index contributed by atoms with van der Waals surface area (Å²) in [5, 5.41) is 11.5. The Morgan fingerprint density at radius 1 is 1.40 bits per heavy atom. The fourth-order valence-corrected chi connectivity index (χ4v) is 3.29. The lowest BCUT2D eigenvalue weighted by atomic mass is 10.4. The first-order valence-electron chi connectivity index (χ1n) is 5.92. The molecule has 0 aliphatic rings. The molecule has 3 aromatic rings. The van der Waals surface area contributed by atoms with Crippen LogP contribution in [0.1, 0.15) is 4.88 Å². The Hall–Kier alpha value is -1.86. The molecule has 3 rings (SSSR count). The number of carboxylic acids is 1. The quantitative estimate of drug-likeness (QED) is 0.734. The fourth-order valence-electron chi connectivity index (χ4n) is 1.88. The molecule has 0 fully saturated rings. The zero-order valence-corrected chi connectivity index (χ0v) is 12.0. The van der Waals surface area contributed by atoms with E-state index in [1.54, 1.807) is 17.5 Å². The lowest BCUT2D eigenvalue weighted by Gasteiger charge is -2.05. The van der Waals surface area contributed by atoms with Gasteiger partial charge in [-0.25, -0.2) is 9.97 Å². The molecule has 7 heteroatoms. The van der Waals surface area contributed by atoms with Crippen LogP contribution in [0.15, 0.2) is 41.0 Å². The maximum Gasteiger partial charge on any atom is 0.313 e. The molecule has 0 radical (unpaired) electrons. The minimum atomic E-state index is -0.849. The summed E-state index contributed by atoms with van der Waals surface area (Å²) in [5.74, 6) is -0.856. The van der Waals surface area contributed by atoms with Crippen LogP contribution in [0.4, 0.5) is 0 Å². The average molecular weight is 305 g/mol. The van der Waals surface area contributed by atoms with Gasteiger partial charge in [0.25, 0.3) is 0 Å². The smallest absolute Gasteiger partial charge is 0.313 e. The van der Waals surface area contributed by atoms with Crippen molar-refractivity contribution in [2.24, 2.45) is 0 Å². The summed E-state index contributed by atoms with van der Waals surface area (Å²) in [4.78, 5) is 20.8. The molecule has 0 amide bonds. The van der Waals surface area contributed by atoms with E-state index in [1.807, 2.05) is 34.2 Å². The number of thiophene rings is 1. The van der Waals surface area contributed by atoms with Crippen molar-refractivity contribution in [1.29, 1.82) is 0 Å². The first-order valence-corrected chi connectivity index (χ1v) is 7.79. The van der Waals surface area contributed by atoms with Crippen LogP contribution in [-0.4, -0.2) is 31.4 Å². The van der Waals surface area contributed by atoms with E-state index in [4.69, 9.17) is 5.11 Å². The normalized spacial score (nSPS) is 11.0. The maximum atomic E-state index is 10.7. The van der Waals surface area contributed by atoms with Crippen molar-refractivity contribution in [3.05, 3.63) is 40.7 Å². The van der Waals surface area contributed by atoms with Gasteiger partial charge in [-0.3, -0.25) is 9.36 Å². The molecule has 0 saturated carbocycles. The average Bonchev–Trinajstić information content (AvgIpc) is 3.05. The summed E-state index contributed by atoms with van der Waals surface area (Å²) in [6.45, 7) is 0.660. The molecule has 0 bridgehead atoms. The van der Waals surface area contributed by atoms with Gasteiger partial charge in [-0.15, -0.1) is 11.3 Å². The van der Waals surface area contributed by atoms with Gasteiger partial charge in [0.15, 0.2) is 10.8 Å². The number of hydrogen-bond donors (Lipinski definition) is 1. The van der Waals surface area contributed by atoms with Crippen molar-refractivity contribution < 1.29 is 9.90 Å². The highest BCUT2D eigenvalue weighted by Crippen LogP contribution is 2.24. The van der Waals surface area contributed by atoms with Gasteiger partial charge in [0.05, 0.1) is 12.3 Å². The first kappa shape index (κ1) is 13.1. The Labute approximate surface area is 123 Å². The predicted molar refractivity (Wildman–Crippen MR) is 79.3 cm³/mol. The molecule has 0 saturated heterocycles. The SMILES string of the molecule is O=C(O)CSc1nc2cccnc2n1Cc1cccs1.